The van der Waals surface area contributed by atoms with E-state index in [0.717, 1.165) is 33.0 Å². The minimum absolute atomic E-state index is 0.227. The highest BCUT2D eigenvalue weighted by Gasteiger charge is 2.26. The van der Waals surface area contributed by atoms with Crippen LogP contribution < -0.4 is 23.8 Å². The van der Waals surface area contributed by atoms with Gasteiger partial charge in [0.15, 0.2) is 0 Å². The molecule has 0 radical (unpaired) electrons. The summed E-state index contributed by atoms with van der Waals surface area (Å²) in [5.41, 5.74) is 3.18. The summed E-state index contributed by atoms with van der Waals surface area (Å²) in [7, 11) is 0.768. The monoisotopic (exact) mass is 478 g/mol. The fourth-order valence-electron chi connectivity index (χ4n) is 3.68. The van der Waals surface area contributed by atoms with Crippen LogP contribution in [0.5, 0.6) is 17.2 Å². The Balaban J connectivity index is 2.34. The minimum Gasteiger partial charge on any atom is -0.497 e. The van der Waals surface area contributed by atoms with E-state index in [1.807, 2.05) is 26.0 Å². The first-order valence-electron chi connectivity index (χ1n) is 10.6. The molecule has 1 N–H and O–H groups in total. The normalized spacial score (nSPS) is 12.3. The molecule has 9 heteroatoms. The number of carbonyl (C=O) groups excluding carboxylic acids is 1. The maximum absolute atomic E-state index is 13.0. The fraction of sp³-hybridized carbons (Fsp3) is 0.458. The highest BCUT2D eigenvalue weighted by Crippen LogP contribution is 2.34. The molecule has 0 aliphatic carbocycles. The molecule has 2 aromatic carbocycles. The topological polar surface area (TPSA) is 94.2 Å². The largest absolute Gasteiger partial charge is 0.497 e. The molecule has 0 saturated heterocycles. The van der Waals surface area contributed by atoms with E-state index in [4.69, 9.17) is 14.2 Å². The van der Waals surface area contributed by atoms with E-state index < -0.39 is 22.5 Å². The molecule has 0 unspecified atom stereocenters. The van der Waals surface area contributed by atoms with Crippen molar-refractivity contribution in [2.45, 2.75) is 39.7 Å². The van der Waals surface area contributed by atoms with Gasteiger partial charge in [0.1, 0.15) is 23.8 Å². The van der Waals surface area contributed by atoms with Gasteiger partial charge in [-0.1, -0.05) is 13.8 Å². The summed E-state index contributed by atoms with van der Waals surface area (Å²) in [6.45, 7) is 7.57. The van der Waals surface area contributed by atoms with Crippen LogP contribution in [-0.4, -0.2) is 48.5 Å². The highest BCUT2D eigenvalue weighted by molar-refractivity contribution is 7.92. The van der Waals surface area contributed by atoms with Crippen molar-refractivity contribution in [3.63, 3.8) is 0 Å². The van der Waals surface area contributed by atoms with E-state index in [2.05, 4.69) is 19.2 Å². The lowest BCUT2D eigenvalue weighted by atomic mass is 9.93. The molecule has 0 fully saturated rings. The number of nitrogens with one attached hydrogen (secondary N) is 1. The average Bonchev–Trinajstić information content (AvgIpc) is 2.75. The van der Waals surface area contributed by atoms with Crippen LogP contribution in [0.25, 0.3) is 0 Å². The van der Waals surface area contributed by atoms with Gasteiger partial charge in [0, 0.05) is 6.07 Å². The maximum Gasteiger partial charge on any atom is 0.241 e. The second kappa shape index (κ2) is 10.8. The van der Waals surface area contributed by atoms with E-state index in [1.54, 1.807) is 19.2 Å². The van der Waals surface area contributed by atoms with Crippen molar-refractivity contribution in [1.82, 2.24) is 5.32 Å². The zero-order valence-electron chi connectivity index (χ0n) is 20.6. The zero-order chi connectivity index (χ0) is 24.9. The molecule has 0 aliphatic heterocycles. The third kappa shape index (κ3) is 6.31. The molecule has 0 bridgehead atoms. The molecule has 182 valence electrons. The van der Waals surface area contributed by atoms with Crippen molar-refractivity contribution < 1.29 is 27.4 Å². The molecular weight excluding hydrogens is 444 g/mol. The van der Waals surface area contributed by atoms with Gasteiger partial charge in [0.25, 0.3) is 0 Å². The fourth-order valence-corrected chi connectivity index (χ4v) is 4.53. The van der Waals surface area contributed by atoms with Crippen LogP contribution in [-0.2, 0) is 14.8 Å². The Morgan fingerprint density at radius 3 is 2.12 bits per heavy atom. The molecule has 0 aliphatic rings. The predicted octanol–water partition coefficient (Wildman–Crippen LogP) is 3.79. The summed E-state index contributed by atoms with van der Waals surface area (Å²) in [6, 6.07) is 8.43. The zero-order valence-corrected chi connectivity index (χ0v) is 21.4. The molecular formula is C24H34N2O6S. The van der Waals surface area contributed by atoms with Gasteiger partial charge in [0.05, 0.1) is 39.3 Å². The van der Waals surface area contributed by atoms with E-state index in [1.165, 1.54) is 20.3 Å². The summed E-state index contributed by atoms with van der Waals surface area (Å²) in [6.07, 6.45) is 1.05. The molecule has 1 amide bonds. The van der Waals surface area contributed by atoms with Crippen LogP contribution in [0.3, 0.4) is 0 Å². The third-order valence-corrected chi connectivity index (χ3v) is 6.55. The molecule has 0 saturated carbocycles. The number of nitrogens with zero attached hydrogens (tertiary/aromatic N) is 1. The molecule has 2 rings (SSSR count). The molecule has 1 atom stereocenters. The summed E-state index contributed by atoms with van der Waals surface area (Å²) < 4.78 is 42.2. The number of ether oxygens (including phenoxy) is 3. The number of methoxy groups -OCH3 is 3. The lowest BCUT2D eigenvalue weighted by molar-refractivity contribution is -0.120. The van der Waals surface area contributed by atoms with Crippen molar-refractivity contribution in [2.75, 3.05) is 38.4 Å². The van der Waals surface area contributed by atoms with Crippen molar-refractivity contribution in [2.24, 2.45) is 0 Å². The lowest BCUT2D eigenvalue weighted by Gasteiger charge is -2.26. The first kappa shape index (κ1) is 26.3. The summed E-state index contributed by atoms with van der Waals surface area (Å²) in [5, 5.41) is 2.92. The van der Waals surface area contributed by atoms with Crippen LogP contribution in [0.2, 0.25) is 0 Å². The molecule has 8 nitrogen and oxygen atoms in total. The standard InChI is InChI=1S/C24H34N2O6S/c1-15(2)19-13-20(16(3)11-23(19)32-7)17(4)25-24(27)14-26(33(8,28)29)21-12-18(30-5)9-10-22(21)31-6/h9-13,15,17H,14H2,1-8H3,(H,25,27)/t17-/m0/s1. The molecule has 0 spiro atoms. The summed E-state index contributed by atoms with van der Waals surface area (Å²) in [4.78, 5) is 13.0. The smallest absolute Gasteiger partial charge is 0.241 e. The minimum atomic E-state index is -3.79. The second-order valence-electron chi connectivity index (χ2n) is 8.20. The second-order valence-corrected chi connectivity index (χ2v) is 10.1. The Morgan fingerprint density at radius 1 is 0.970 bits per heavy atom. The van der Waals surface area contributed by atoms with E-state index >= 15 is 0 Å². The Hall–Kier alpha value is -2.94. The van der Waals surface area contributed by atoms with Crippen molar-refractivity contribution in [3.8, 4) is 17.2 Å². The van der Waals surface area contributed by atoms with Gasteiger partial charge in [-0.25, -0.2) is 8.42 Å². The van der Waals surface area contributed by atoms with E-state index in [0.29, 0.717) is 11.5 Å². The quantitative estimate of drug-likeness (QED) is 0.558. The van der Waals surface area contributed by atoms with Gasteiger partial charge >= 0.3 is 0 Å². The highest BCUT2D eigenvalue weighted by atomic mass is 32.2. The Bertz CT molecular complexity index is 1100. The van der Waals surface area contributed by atoms with Crippen LogP contribution >= 0.6 is 0 Å². The van der Waals surface area contributed by atoms with E-state index in [9.17, 15) is 13.2 Å². The van der Waals surface area contributed by atoms with Crippen LogP contribution in [0.15, 0.2) is 30.3 Å². The van der Waals surface area contributed by atoms with Crippen LogP contribution in [0.1, 0.15) is 49.4 Å². The molecule has 0 aromatic heterocycles. The van der Waals surface area contributed by atoms with Crippen LogP contribution in [0.4, 0.5) is 5.69 Å². The summed E-state index contributed by atoms with van der Waals surface area (Å²) in [5.74, 6) is 1.36. The third-order valence-electron chi connectivity index (χ3n) is 5.43. The Labute approximate surface area is 196 Å². The van der Waals surface area contributed by atoms with Crippen molar-refractivity contribution in [3.05, 3.63) is 47.0 Å². The Kier molecular flexibility index (Phi) is 8.60. The van der Waals surface area contributed by atoms with E-state index in [-0.39, 0.29) is 17.6 Å². The number of hydrogen-bond acceptors (Lipinski definition) is 6. The summed E-state index contributed by atoms with van der Waals surface area (Å²) >= 11 is 0. The number of rotatable bonds is 10. The molecule has 0 heterocycles. The number of aryl methyl sites for hydroxylation is 1. The van der Waals surface area contributed by atoms with Gasteiger partial charge in [-0.2, -0.15) is 0 Å². The van der Waals surface area contributed by atoms with Gasteiger partial charge in [-0.3, -0.25) is 9.10 Å². The maximum atomic E-state index is 13.0. The number of hydrogen-bond donors (Lipinski definition) is 1. The number of anilines is 1. The van der Waals surface area contributed by atoms with Gasteiger partial charge in [-0.15, -0.1) is 0 Å². The first-order chi connectivity index (χ1) is 15.4. The first-order valence-corrected chi connectivity index (χ1v) is 12.4. The average molecular weight is 479 g/mol. The van der Waals surface area contributed by atoms with Gasteiger partial charge in [-0.05, 0) is 60.7 Å². The Morgan fingerprint density at radius 2 is 1.61 bits per heavy atom. The number of amides is 1. The van der Waals surface area contributed by atoms with Crippen molar-refractivity contribution >= 4 is 21.6 Å². The molecule has 33 heavy (non-hydrogen) atoms. The predicted molar refractivity (Wildman–Crippen MR) is 130 cm³/mol. The van der Waals surface area contributed by atoms with Gasteiger partial charge in [0.2, 0.25) is 15.9 Å². The molecule has 2 aromatic rings. The number of benzene rings is 2. The van der Waals surface area contributed by atoms with Gasteiger partial charge < -0.3 is 19.5 Å². The SMILES string of the molecule is COc1ccc(OC)c(N(CC(=O)N[C@@H](C)c2cc(C(C)C)c(OC)cc2C)S(C)(=O)=O)c1. The lowest BCUT2D eigenvalue weighted by Crippen LogP contribution is -2.41. The number of carbonyl (C=O) groups is 1. The number of sulfonamides is 1. The van der Waals surface area contributed by atoms with Crippen molar-refractivity contribution in [1.29, 1.82) is 0 Å². The van der Waals surface area contributed by atoms with Crippen LogP contribution in [0, 0.1) is 6.92 Å².